The van der Waals surface area contributed by atoms with Gasteiger partial charge in [0.2, 0.25) is 0 Å². The van der Waals surface area contributed by atoms with Crippen LogP contribution in [0.15, 0.2) is 0 Å². The lowest BCUT2D eigenvalue weighted by Crippen LogP contribution is -2.24. The van der Waals surface area contributed by atoms with Crippen molar-refractivity contribution in [3.8, 4) is 0 Å². The van der Waals surface area contributed by atoms with Crippen LogP contribution in [0.25, 0.3) is 0 Å². The van der Waals surface area contributed by atoms with Gasteiger partial charge >= 0.3 is 0 Å². The molecule has 2 rings (SSSR count). The summed E-state index contributed by atoms with van der Waals surface area (Å²) in [6.07, 6.45) is 5.86. The Bertz CT molecular complexity index is 180. The summed E-state index contributed by atoms with van der Waals surface area (Å²) in [6.45, 7) is 9.70. The summed E-state index contributed by atoms with van der Waals surface area (Å²) >= 11 is 0. The molecule has 0 bridgehead atoms. The second kappa shape index (κ2) is 2.98. The van der Waals surface area contributed by atoms with E-state index in [-0.39, 0.29) is 0 Å². The molecule has 1 atom stereocenters. The molecular formula is C12H23N. The van der Waals surface area contributed by atoms with Gasteiger partial charge in [-0.15, -0.1) is 0 Å². The summed E-state index contributed by atoms with van der Waals surface area (Å²) in [4.78, 5) is 0. The van der Waals surface area contributed by atoms with Crippen molar-refractivity contribution in [2.75, 3.05) is 13.1 Å². The van der Waals surface area contributed by atoms with E-state index in [0.29, 0.717) is 5.41 Å². The van der Waals surface area contributed by atoms with Crippen LogP contribution in [0.4, 0.5) is 0 Å². The van der Waals surface area contributed by atoms with Gasteiger partial charge in [0.15, 0.2) is 0 Å². The van der Waals surface area contributed by atoms with Gasteiger partial charge in [-0.25, -0.2) is 0 Å². The van der Waals surface area contributed by atoms with Gasteiger partial charge in [-0.2, -0.15) is 0 Å². The van der Waals surface area contributed by atoms with Crippen LogP contribution in [0.5, 0.6) is 0 Å². The van der Waals surface area contributed by atoms with Gasteiger partial charge in [-0.1, -0.05) is 20.8 Å². The van der Waals surface area contributed by atoms with Gasteiger partial charge in [-0.05, 0) is 55.5 Å². The van der Waals surface area contributed by atoms with Crippen molar-refractivity contribution in [3.05, 3.63) is 0 Å². The van der Waals surface area contributed by atoms with Crippen molar-refractivity contribution in [3.63, 3.8) is 0 Å². The van der Waals surface area contributed by atoms with Gasteiger partial charge in [0.25, 0.3) is 0 Å². The van der Waals surface area contributed by atoms with E-state index in [1.807, 2.05) is 0 Å². The minimum absolute atomic E-state index is 0.527. The molecular weight excluding hydrogens is 158 g/mol. The monoisotopic (exact) mass is 181 g/mol. The van der Waals surface area contributed by atoms with Gasteiger partial charge in [0.1, 0.15) is 0 Å². The smallest absolute Gasteiger partial charge is 0.00147 e. The summed E-state index contributed by atoms with van der Waals surface area (Å²) in [5.74, 6) is 0.992. The van der Waals surface area contributed by atoms with Gasteiger partial charge in [0.05, 0.1) is 0 Å². The van der Waals surface area contributed by atoms with Gasteiger partial charge < -0.3 is 5.32 Å². The Morgan fingerprint density at radius 3 is 2.38 bits per heavy atom. The minimum atomic E-state index is 0.527. The van der Waals surface area contributed by atoms with Crippen LogP contribution in [-0.4, -0.2) is 13.1 Å². The van der Waals surface area contributed by atoms with Crippen molar-refractivity contribution >= 4 is 0 Å². The molecule has 0 aromatic rings. The van der Waals surface area contributed by atoms with Crippen LogP contribution in [0.3, 0.4) is 0 Å². The first kappa shape index (κ1) is 9.51. The number of rotatable bonds is 2. The molecule has 0 radical (unpaired) electrons. The first-order valence-corrected chi connectivity index (χ1v) is 5.73. The van der Waals surface area contributed by atoms with E-state index in [2.05, 4.69) is 26.1 Å². The summed E-state index contributed by atoms with van der Waals surface area (Å²) < 4.78 is 0. The summed E-state index contributed by atoms with van der Waals surface area (Å²) in [7, 11) is 0. The molecule has 76 valence electrons. The Hall–Kier alpha value is -0.0400. The molecule has 1 saturated heterocycles. The molecule has 1 saturated carbocycles. The SMILES string of the molecule is CC(C)(C)CC1(C2CCNC2)CC1. The van der Waals surface area contributed by atoms with E-state index in [0.717, 1.165) is 11.3 Å². The topological polar surface area (TPSA) is 12.0 Å². The molecule has 13 heavy (non-hydrogen) atoms. The van der Waals surface area contributed by atoms with Gasteiger partial charge in [0, 0.05) is 0 Å². The average molecular weight is 181 g/mol. The fourth-order valence-electron chi connectivity index (χ4n) is 3.12. The Morgan fingerprint density at radius 2 is 2.00 bits per heavy atom. The number of hydrogen-bond donors (Lipinski definition) is 1. The zero-order valence-corrected chi connectivity index (χ0v) is 9.32. The highest BCUT2D eigenvalue weighted by atomic mass is 14.9. The van der Waals surface area contributed by atoms with E-state index in [4.69, 9.17) is 0 Å². The van der Waals surface area contributed by atoms with Crippen LogP contribution in [0.2, 0.25) is 0 Å². The van der Waals surface area contributed by atoms with E-state index < -0.39 is 0 Å². The number of nitrogens with one attached hydrogen (secondary N) is 1. The van der Waals surface area contributed by atoms with E-state index in [9.17, 15) is 0 Å². The second-order valence-electron chi connectivity index (χ2n) is 6.29. The highest BCUT2D eigenvalue weighted by Crippen LogP contribution is 2.59. The molecule has 1 unspecified atom stereocenters. The van der Waals surface area contributed by atoms with E-state index in [1.54, 1.807) is 0 Å². The fourth-order valence-corrected chi connectivity index (χ4v) is 3.12. The van der Waals surface area contributed by atoms with Crippen LogP contribution in [0.1, 0.15) is 46.5 Å². The summed E-state index contributed by atoms with van der Waals surface area (Å²) in [6, 6.07) is 0. The Morgan fingerprint density at radius 1 is 1.31 bits per heavy atom. The highest BCUT2D eigenvalue weighted by Gasteiger charge is 2.51. The molecule has 2 fully saturated rings. The molecule has 1 N–H and O–H groups in total. The Balaban J connectivity index is 1.96. The molecule has 1 aliphatic carbocycles. The second-order valence-corrected chi connectivity index (χ2v) is 6.29. The predicted octanol–water partition coefficient (Wildman–Crippen LogP) is 2.81. The molecule has 1 nitrogen and oxygen atoms in total. The standard InChI is InChI=1S/C12H23N/c1-11(2,3)9-12(5-6-12)10-4-7-13-8-10/h10,13H,4-9H2,1-3H3. The minimum Gasteiger partial charge on any atom is -0.316 e. The van der Waals surface area contributed by atoms with Gasteiger partial charge in [-0.3, -0.25) is 0 Å². The molecule has 1 heterocycles. The maximum atomic E-state index is 3.50. The lowest BCUT2D eigenvalue weighted by Gasteiger charge is -2.30. The first-order valence-electron chi connectivity index (χ1n) is 5.73. The van der Waals surface area contributed by atoms with Crippen molar-refractivity contribution in [1.29, 1.82) is 0 Å². The quantitative estimate of drug-likeness (QED) is 0.690. The summed E-state index contributed by atoms with van der Waals surface area (Å²) in [5, 5.41) is 3.50. The zero-order valence-electron chi connectivity index (χ0n) is 9.32. The fraction of sp³-hybridized carbons (Fsp3) is 1.00. The van der Waals surface area contributed by atoms with Crippen LogP contribution >= 0.6 is 0 Å². The van der Waals surface area contributed by atoms with E-state index >= 15 is 0 Å². The molecule has 0 spiro atoms. The van der Waals surface area contributed by atoms with Crippen molar-refractivity contribution in [1.82, 2.24) is 5.32 Å². The predicted molar refractivity (Wildman–Crippen MR) is 56.7 cm³/mol. The van der Waals surface area contributed by atoms with Crippen LogP contribution < -0.4 is 5.32 Å². The van der Waals surface area contributed by atoms with E-state index in [1.165, 1.54) is 38.8 Å². The van der Waals surface area contributed by atoms with Crippen molar-refractivity contribution < 1.29 is 0 Å². The number of hydrogen-bond acceptors (Lipinski definition) is 1. The Kier molecular flexibility index (Phi) is 2.18. The van der Waals surface area contributed by atoms with Crippen molar-refractivity contribution in [2.24, 2.45) is 16.7 Å². The normalized spacial score (nSPS) is 32.1. The maximum absolute atomic E-state index is 3.50. The van der Waals surface area contributed by atoms with Crippen LogP contribution in [0, 0.1) is 16.7 Å². The average Bonchev–Trinajstić information content (AvgIpc) is 2.60. The molecule has 0 aromatic carbocycles. The molecule has 1 heteroatoms. The third-order valence-corrected chi connectivity index (χ3v) is 3.70. The third-order valence-electron chi connectivity index (χ3n) is 3.70. The molecule has 2 aliphatic rings. The maximum Gasteiger partial charge on any atom is -0.00147 e. The summed E-state index contributed by atoms with van der Waals surface area (Å²) in [5.41, 5.74) is 1.28. The lowest BCUT2D eigenvalue weighted by atomic mass is 9.75. The van der Waals surface area contributed by atoms with Crippen LogP contribution in [-0.2, 0) is 0 Å². The molecule has 1 aliphatic heterocycles. The Labute approximate surface area is 82.3 Å². The third kappa shape index (κ3) is 2.07. The zero-order chi connectivity index (χ0) is 9.53. The van der Waals surface area contributed by atoms with Crippen molar-refractivity contribution in [2.45, 2.75) is 46.5 Å². The largest absolute Gasteiger partial charge is 0.316 e. The lowest BCUT2D eigenvalue weighted by molar-refractivity contribution is 0.210. The molecule has 0 aromatic heterocycles. The first-order chi connectivity index (χ1) is 6.02. The molecule has 0 amide bonds. The highest BCUT2D eigenvalue weighted by molar-refractivity contribution is 5.02.